The van der Waals surface area contributed by atoms with E-state index in [9.17, 15) is 4.79 Å². The van der Waals surface area contributed by atoms with Crippen molar-refractivity contribution in [3.63, 3.8) is 0 Å². The van der Waals surface area contributed by atoms with Gasteiger partial charge in [0.15, 0.2) is 0 Å². The molecule has 5 heteroatoms. The number of carbonyl (C=O) groups excluding carboxylic acids is 1. The summed E-state index contributed by atoms with van der Waals surface area (Å²) in [5, 5.41) is 17.7. The van der Waals surface area contributed by atoms with Crippen LogP contribution >= 0.6 is 15.9 Å². The molecule has 0 aliphatic carbocycles. The molecule has 0 saturated carbocycles. The van der Waals surface area contributed by atoms with Gasteiger partial charge in [0.1, 0.15) is 0 Å². The third-order valence-corrected chi connectivity index (χ3v) is 3.08. The van der Waals surface area contributed by atoms with Crippen molar-refractivity contribution in [1.29, 1.82) is 0 Å². The van der Waals surface area contributed by atoms with Gasteiger partial charge in [-0.2, -0.15) is 0 Å². The lowest BCUT2D eigenvalue weighted by Crippen LogP contribution is -2.34. The molecule has 0 atom stereocenters. The first-order valence-corrected chi connectivity index (χ1v) is 6.41. The Hall–Kier alpha value is -1.17. The van der Waals surface area contributed by atoms with Crippen LogP contribution in [-0.2, 0) is 4.79 Å². The molecule has 0 aliphatic rings. The number of aliphatic hydroxyl groups excluding tert-OH is 2. The zero-order valence-corrected chi connectivity index (χ0v) is 11.5. The minimum atomic E-state index is -0.228. The van der Waals surface area contributed by atoms with Crippen LogP contribution in [0.5, 0.6) is 0 Å². The molecule has 0 bridgehead atoms. The number of rotatable bonds is 6. The van der Waals surface area contributed by atoms with Gasteiger partial charge in [-0.15, -0.1) is 0 Å². The first-order chi connectivity index (χ1) is 8.69. The van der Waals surface area contributed by atoms with Crippen LogP contribution in [0.4, 0.5) is 0 Å². The molecule has 0 fully saturated rings. The number of aliphatic hydroxyl groups is 2. The van der Waals surface area contributed by atoms with Crippen molar-refractivity contribution in [3.8, 4) is 0 Å². The number of carbonyl (C=O) groups is 1. The first kappa shape index (κ1) is 14.9. The summed E-state index contributed by atoms with van der Waals surface area (Å²) in [7, 11) is 0. The molecule has 0 spiro atoms. The van der Waals surface area contributed by atoms with E-state index in [1.54, 1.807) is 6.08 Å². The lowest BCUT2D eigenvalue weighted by Gasteiger charge is -2.18. The Bertz CT molecular complexity index is 414. The van der Waals surface area contributed by atoms with E-state index >= 15 is 0 Å². The third kappa shape index (κ3) is 4.60. The fourth-order valence-corrected chi connectivity index (χ4v) is 1.87. The standard InChI is InChI=1S/C13H16BrNO3/c14-12-4-2-1-3-11(12)5-6-13(18)15(7-9-16)8-10-17/h1-6,16-17H,7-10H2. The van der Waals surface area contributed by atoms with Crippen LogP contribution in [0.3, 0.4) is 0 Å². The highest BCUT2D eigenvalue weighted by molar-refractivity contribution is 9.10. The maximum absolute atomic E-state index is 11.8. The van der Waals surface area contributed by atoms with Crippen LogP contribution in [0.1, 0.15) is 5.56 Å². The Morgan fingerprint density at radius 2 is 1.83 bits per heavy atom. The van der Waals surface area contributed by atoms with Gasteiger partial charge in [0, 0.05) is 23.6 Å². The summed E-state index contributed by atoms with van der Waals surface area (Å²) in [6.07, 6.45) is 3.14. The number of benzene rings is 1. The van der Waals surface area contributed by atoms with E-state index in [4.69, 9.17) is 10.2 Å². The average molecular weight is 314 g/mol. The van der Waals surface area contributed by atoms with Gasteiger partial charge in [0.25, 0.3) is 0 Å². The van der Waals surface area contributed by atoms with Crippen LogP contribution in [0.15, 0.2) is 34.8 Å². The molecule has 0 heterocycles. The Labute approximate surface area is 115 Å². The fraction of sp³-hybridized carbons (Fsp3) is 0.308. The van der Waals surface area contributed by atoms with Crippen LogP contribution < -0.4 is 0 Å². The van der Waals surface area contributed by atoms with Crippen molar-refractivity contribution in [3.05, 3.63) is 40.4 Å². The summed E-state index contributed by atoms with van der Waals surface area (Å²) in [5.41, 5.74) is 0.902. The van der Waals surface area contributed by atoms with Crippen molar-refractivity contribution in [2.75, 3.05) is 26.3 Å². The summed E-state index contributed by atoms with van der Waals surface area (Å²) in [5.74, 6) is -0.228. The second-order valence-corrected chi connectivity index (χ2v) is 4.48. The number of amides is 1. The molecular weight excluding hydrogens is 298 g/mol. The van der Waals surface area contributed by atoms with Crippen molar-refractivity contribution >= 4 is 27.9 Å². The normalized spacial score (nSPS) is 10.8. The highest BCUT2D eigenvalue weighted by Crippen LogP contribution is 2.17. The molecule has 0 unspecified atom stereocenters. The molecule has 1 amide bonds. The predicted octanol–water partition coefficient (Wildman–Crippen LogP) is 1.28. The van der Waals surface area contributed by atoms with E-state index in [0.717, 1.165) is 10.0 Å². The highest BCUT2D eigenvalue weighted by atomic mass is 79.9. The summed E-state index contributed by atoms with van der Waals surface area (Å²) in [6.45, 7) is 0.211. The van der Waals surface area contributed by atoms with Gasteiger partial charge in [-0.1, -0.05) is 34.1 Å². The Morgan fingerprint density at radius 3 is 2.39 bits per heavy atom. The fourth-order valence-electron chi connectivity index (χ4n) is 1.45. The van der Waals surface area contributed by atoms with E-state index in [-0.39, 0.29) is 32.2 Å². The maximum atomic E-state index is 11.8. The van der Waals surface area contributed by atoms with Gasteiger partial charge in [0.2, 0.25) is 5.91 Å². The zero-order valence-electron chi connectivity index (χ0n) is 9.92. The summed E-state index contributed by atoms with van der Waals surface area (Å²) < 4.78 is 0.907. The lowest BCUT2D eigenvalue weighted by molar-refractivity contribution is -0.126. The monoisotopic (exact) mass is 313 g/mol. The summed E-state index contributed by atoms with van der Waals surface area (Å²) in [6, 6.07) is 7.56. The lowest BCUT2D eigenvalue weighted by atomic mass is 10.2. The van der Waals surface area contributed by atoms with Gasteiger partial charge in [0.05, 0.1) is 13.2 Å². The molecule has 0 aliphatic heterocycles. The second kappa shape index (κ2) is 8.02. The number of hydrogen-bond donors (Lipinski definition) is 2. The molecule has 4 nitrogen and oxygen atoms in total. The average Bonchev–Trinajstić information content (AvgIpc) is 2.37. The van der Waals surface area contributed by atoms with Gasteiger partial charge in [-0.05, 0) is 17.7 Å². The molecule has 18 heavy (non-hydrogen) atoms. The van der Waals surface area contributed by atoms with E-state index in [1.807, 2.05) is 24.3 Å². The maximum Gasteiger partial charge on any atom is 0.246 e. The number of nitrogens with zero attached hydrogens (tertiary/aromatic N) is 1. The van der Waals surface area contributed by atoms with Crippen LogP contribution in [0.25, 0.3) is 6.08 Å². The van der Waals surface area contributed by atoms with Crippen molar-refractivity contribution in [2.24, 2.45) is 0 Å². The molecule has 1 rings (SSSR count). The van der Waals surface area contributed by atoms with Gasteiger partial charge < -0.3 is 15.1 Å². The molecule has 0 saturated heterocycles. The van der Waals surface area contributed by atoms with Crippen LogP contribution in [0.2, 0.25) is 0 Å². The highest BCUT2D eigenvalue weighted by Gasteiger charge is 2.08. The van der Waals surface area contributed by atoms with Crippen molar-refractivity contribution in [2.45, 2.75) is 0 Å². The van der Waals surface area contributed by atoms with Gasteiger partial charge >= 0.3 is 0 Å². The van der Waals surface area contributed by atoms with Gasteiger partial charge in [-0.25, -0.2) is 0 Å². The SMILES string of the molecule is O=C(C=Cc1ccccc1Br)N(CCO)CCO. The zero-order chi connectivity index (χ0) is 13.4. The van der Waals surface area contributed by atoms with E-state index in [1.165, 1.54) is 11.0 Å². The minimum absolute atomic E-state index is 0.116. The van der Waals surface area contributed by atoms with Crippen LogP contribution in [-0.4, -0.2) is 47.3 Å². The molecule has 1 aromatic rings. The second-order valence-electron chi connectivity index (χ2n) is 3.63. The predicted molar refractivity (Wildman–Crippen MR) is 73.9 cm³/mol. The topological polar surface area (TPSA) is 60.8 Å². The quantitative estimate of drug-likeness (QED) is 0.778. The van der Waals surface area contributed by atoms with E-state index < -0.39 is 0 Å². The van der Waals surface area contributed by atoms with Crippen LogP contribution in [0, 0.1) is 0 Å². The largest absolute Gasteiger partial charge is 0.395 e. The first-order valence-electron chi connectivity index (χ1n) is 5.62. The Morgan fingerprint density at radius 1 is 1.22 bits per heavy atom. The van der Waals surface area contributed by atoms with E-state index in [2.05, 4.69) is 15.9 Å². The summed E-state index contributed by atoms with van der Waals surface area (Å²) in [4.78, 5) is 13.2. The smallest absolute Gasteiger partial charge is 0.246 e. The van der Waals surface area contributed by atoms with Gasteiger partial charge in [-0.3, -0.25) is 4.79 Å². The molecular formula is C13H16BrNO3. The third-order valence-electron chi connectivity index (χ3n) is 2.36. The van der Waals surface area contributed by atoms with Crippen molar-refractivity contribution in [1.82, 2.24) is 4.90 Å². The van der Waals surface area contributed by atoms with Crippen molar-refractivity contribution < 1.29 is 15.0 Å². The minimum Gasteiger partial charge on any atom is -0.395 e. The molecule has 98 valence electrons. The van der Waals surface area contributed by atoms with E-state index in [0.29, 0.717) is 0 Å². The molecule has 0 radical (unpaired) electrons. The molecule has 1 aromatic carbocycles. The summed E-state index contributed by atoms with van der Waals surface area (Å²) >= 11 is 3.39. The number of halogens is 1. The molecule has 0 aromatic heterocycles. The Kier molecular flexibility index (Phi) is 6.64. The molecule has 2 N–H and O–H groups in total. The number of hydrogen-bond acceptors (Lipinski definition) is 3. The Balaban J connectivity index is 2.70.